The van der Waals surface area contributed by atoms with Crippen LogP contribution < -0.4 is 5.32 Å². The Balaban J connectivity index is 0.00000243. The lowest BCUT2D eigenvalue weighted by Crippen LogP contribution is -2.49. The number of likely N-dealkylation sites (tertiary alicyclic amines) is 1. The molecule has 8 heteroatoms. The highest BCUT2D eigenvalue weighted by Crippen LogP contribution is 2.23. The van der Waals surface area contributed by atoms with Crippen LogP contribution in [0.2, 0.25) is 0 Å². The molecule has 2 saturated heterocycles. The van der Waals surface area contributed by atoms with Gasteiger partial charge in [0.1, 0.15) is 5.69 Å². The van der Waals surface area contributed by atoms with E-state index in [-0.39, 0.29) is 24.3 Å². The standard InChI is InChI=1S/C18H28N4O3.ClH/c1-4-25-18(24)15-12(2)16(20-13(15)3)17(23)22-8-5-14(11-22)21-9-6-19-7-10-21;/h14,19-20H,4-11H2,1-3H3;1H. The van der Waals surface area contributed by atoms with Crippen molar-refractivity contribution >= 4 is 24.3 Å². The van der Waals surface area contributed by atoms with Gasteiger partial charge in [-0.3, -0.25) is 9.69 Å². The van der Waals surface area contributed by atoms with Crippen LogP contribution in [0.15, 0.2) is 0 Å². The van der Waals surface area contributed by atoms with Crippen LogP contribution in [0.5, 0.6) is 0 Å². The second kappa shape index (κ2) is 8.88. The molecule has 26 heavy (non-hydrogen) atoms. The second-order valence-corrected chi connectivity index (χ2v) is 6.83. The number of aromatic amines is 1. The van der Waals surface area contributed by atoms with Crippen molar-refractivity contribution in [1.82, 2.24) is 20.1 Å². The van der Waals surface area contributed by atoms with Crippen LogP contribution >= 0.6 is 12.4 Å². The van der Waals surface area contributed by atoms with Crippen molar-refractivity contribution in [2.24, 2.45) is 0 Å². The number of rotatable bonds is 4. The lowest BCUT2D eigenvalue weighted by atomic mass is 10.1. The molecule has 1 aromatic rings. The van der Waals surface area contributed by atoms with Crippen molar-refractivity contribution in [2.45, 2.75) is 33.2 Å². The second-order valence-electron chi connectivity index (χ2n) is 6.83. The molecule has 7 nitrogen and oxygen atoms in total. The third kappa shape index (κ3) is 4.05. The highest BCUT2D eigenvalue weighted by atomic mass is 35.5. The Kier molecular flexibility index (Phi) is 7.08. The van der Waals surface area contributed by atoms with Crippen molar-refractivity contribution in [3.63, 3.8) is 0 Å². The maximum atomic E-state index is 13.0. The minimum absolute atomic E-state index is 0. The lowest BCUT2D eigenvalue weighted by Gasteiger charge is -2.32. The Morgan fingerprint density at radius 1 is 1.19 bits per heavy atom. The molecule has 3 rings (SSSR count). The van der Waals surface area contributed by atoms with Gasteiger partial charge in [-0.25, -0.2) is 4.79 Å². The average Bonchev–Trinajstić information content (AvgIpc) is 3.20. The molecule has 0 aliphatic carbocycles. The zero-order valence-corrected chi connectivity index (χ0v) is 16.6. The number of halogens is 1. The van der Waals surface area contributed by atoms with Gasteiger partial charge in [-0.1, -0.05) is 0 Å². The lowest BCUT2D eigenvalue weighted by molar-refractivity contribution is 0.0525. The van der Waals surface area contributed by atoms with Crippen molar-refractivity contribution < 1.29 is 14.3 Å². The topological polar surface area (TPSA) is 77.7 Å². The number of carbonyl (C=O) groups is 2. The summed E-state index contributed by atoms with van der Waals surface area (Å²) in [5.74, 6) is -0.387. The van der Waals surface area contributed by atoms with E-state index < -0.39 is 0 Å². The molecule has 1 unspecified atom stereocenters. The molecule has 0 spiro atoms. The molecule has 2 aliphatic rings. The molecule has 146 valence electrons. The third-order valence-electron chi connectivity index (χ3n) is 5.25. The Bertz CT molecular complexity index is 655. The van der Waals surface area contributed by atoms with E-state index in [0.29, 0.717) is 35.2 Å². The first-order valence-electron chi connectivity index (χ1n) is 9.13. The summed E-state index contributed by atoms with van der Waals surface area (Å²) in [4.78, 5) is 32.6. The Labute approximate surface area is 160 Å². The van der Waals surface area contributed by atoms with Gasteiger partial charge >= 0.3 is 5.97 Å². The number of aromatic nitrogens is 1. The minimum Gasteiger partial charge on any atom is -0.462 e. The molecule has 2 fully saturated rings. The maximum absolute atomic E-state index is 13.0. The molecule has 1 aromatic heterocycles. The van der Waals surface area contributed by atoms with Gasteiger partial charge in [0.15, 0.2) is 0 Å². The summed E-state index contributed by atoms with van der Waals surface area (Å²) >= 11 is 0. The Morgan fingerprint density at radius 2 is 1.88 bits per heavy atom. The van der Waals surface area contributed by atoms with Gasteiger partial charge < -0.3 is 19.9 Å². The van der Waals surface area contributed by atoms with Crippen LogP contribution in [0.4, 0.5) is 0 Å². The fourth-order valence-electron chi connectivity index (χ4n) is 3.90. The first-order valence-corrected chi connectivity index (χ1v) is 9.13. The van der Waals surface area contributed by atoms with Gasteiger partial charge in [0, 0.05) is 51.0 Å². The quantitative estimate of drug-likeness (QED) is 0.766. The van der Waals surface area contributed by atoms with E-state index in [1.807, 2.05) is 18.7 Å². The number of amides is 1. The fraction of sp³-hybridized carbons (Fsp3) is 0.667. The number of ether oxygens (including phenoxy) is 1. The molecule has 2 aliphatic heterocycles. The fourth-order valence-corrected chi connectivity index (χ4v) is 3.90. The molecular weight excluding hydrogens is 356 g/mol. The number of carbonyl (C=O) groups excluding carboxylic acids is 2. The number of esters is 1. The smallest absolute Gasteiger partial charge is 0.340 e. The van der Waals surface area contributed by atoms with Crippen LogP contribution in [-0.4, -0.2) is 78.6 Å². The number of hydrogen-bond donors (Lipinski definition) is 2. The van der Waals surface area contributed by atoms with E-state index in [1.54, 1.807) is 6.92 Å². The highest BCUT2D eigenvalue weighted by Gasteiger charge is 2.33. The monoisotopic (exact) mass is 384 g/mol. The van der Waals surface area contributed by atoms with E-state index in [1.165, 1.54) is 0 Å². The van der Waals surface area contributed by atoms with Crippen LogP contribution in [0.25, 0.3) is 0 Å². The Morgan fingerprint density at radius 3 is 2.54 bits per heavy atom. The Hall–Kier alpha value is -1.57. The SMILES string of the molecule is CCOC(=O)c1c(C)[nH]c(C(=O)N2CCC(N3CCNCC3)C2)c1C.Cl. The van der Waals surface area contributed by atoms with Gasteiger partial charge in [-0.05, 0) is 32.8 Å². The van der Waals surface area contributed by atoms with E-state index >= 15 is 0 Å². The summed E-state index contributed by atoms with van der Waals surface area (Å²) < 4.78 is 5.11. The summed E-state index contributed by atoms with van der Waals surface area (Å²) in [6, 6.07) is 0.437. The van der Waals surface area contributed by atoms with E-state index in [4.69, 9.17) is 4.74 Å². The predicted octanol–water partition coefficient (Wildman–Crippen LogP) is 1.35. The average molecular weight is 385 g/mol. The van der Waals surface area contributed by atoms with Gasteiger partial charge in [-0.15, -0.1) is 12.4 Å². The first-order chi connectivity index (χ1) is 12.0. The largest absolute Gasteiger partial charge is 0.462 e. The summed E-state index contributed by atoms with van der Waals surface area (Å²) in [6.45, 7) is 11.4. The molecule has 1 atom stereocenters. The van der Waals surface area contributed by atoms with E-state index in [2.05, 4.69) is 15.2 Å². The van der Waals surface area contributed by atoms with Crippen LogP contribution in [0.1, 0.15) is 45.4 Å². The number of piperazine rings is 1. The minimum atomic E-state index is -0.368. The zero-order valence-electron chi connectivity index (χ0n) is 15.8. The van der Waals surface area contributed by atoms with Crippen molar-refractivity contribution in [3.05, 3.63) is 22.5 Å². The number of H-pyrrole nitrogens is 1. The van der Waals surface area contributed by atoms with E-state index in [9.17, 15) is 9.59 Å². The summed E-state index contributed by atoms with van der Waals surface area (Å²) in [5, 5.41) is 3.36. The van der Waals surface area contributed by atoms with Crippen LogP contribution in [-0.2, 0) is 4.74 Å². The van der Waals surface area contributed by atoms with Crippen LogP contribution in [0, 0.1) is 13.8 Å². The molecule has 0 bridgehead atoms. The summed E-state index contributed by atoms with van der Waals surface area (Å²) in [6.07, 6.45) is 1.01. The molecule has 0 aromatic carbocycles. The van der Waals surface area contributed by atoms with Gasteiger partial charge in [0.05, 0.1) is 12.2 Å². The number of nitrogens with zero attached hydrogens (tertiary/aromatic N) is 2. The summed E-state index contributed by atoms with van der Waals surface area (Å²) in [7, 11) is 0. The van der Waals surface area contributed by atoms with Crippen molar-refractivity contribution in [1.29, 1.82) is 0 Å². The number of aryl methyl sites for hydroxylation is 1. The van der Waals surface area contributed by atoms with Crippen LogP contribution in [0.3, 0.4) is 0 Å². The van der Waals surface area contributed by atoms with Gasteiger partial charge in [-0.2, -0.15) is 0 Å². The normalized spacial score (nSPS) is 20.7. The summed E-state index contributed by atoms with van der Waals surface area (Å²) in [5.41, 5.74) is 2.38. The predicted molar refractivity (Wildman–Crippen MR) is 102 cm³/mol. The third-order valence-corrected chi connectivity index (χ3v) is 5.25. The highest BCUT2D eigenvalue weighted by molar-refractivity contribution is 6.00. The van der Waals surface area contributed by atoms with Gasteiger partial charge in [0.2, 0.25) is 0 Å². The molecule has 2 N–H and O–H groups in total. The number of nitrogens with one attached hydrogen (secondary N) is 2. The molecular formula is C18H29ClN4O3. The van der Waals surface area contributed by atoms with E-state index in [0.717, 1.165) is 45.7 Å². The van der Waals surface area contributed by atoms with Gasteiger partial charge in [0.25, 0.3) is 5.91 Å². The zero-order chi connectivity index (χ0) is 18.0. The molecule has 3 heterocycles. The van der Waals surface area contributed by atoms with Crippen molar-refractivity contribution in [2.75, 3.05) is 45.9 Å². The first kappa shape index (κ1) is 20.7. The molecule has 0 radical (unpaired) electrons. The molecule has 0 saturated carbocycles. The van der Waals surface area contributed by atoms with Crippen molar-refractivity contribution in [3.8, 4) is 0 Å². The maximum Gasteiger partial charge on any atom is 0.340 e. The molecule has 1 amide bonds. The number of hydrogen-bond acceptors (Lipinski definition) is 5.